The third-order valence-electron chi connectivity index (χ3n) is 3.42. The minimum Gasteiger partial charge on any atom is -0.480 e. The number of aliphatic hydroxyl groups is 1. The summed E-state index contributed by atoms with van der Waals surface area (Å²) in [5, 5.41) is 19.5. The van der Waals surface area contributed by atoms with Gasteiger partial charge in [0.1, 0.15) is 17.7 Å². The second kappa shape index (κ2) is 8.27. The number of nitrogens with zero attached hydrogens (tertiary/aromatic N) is 2. The van der Waals surface area contributed by atoms with Gasteiger partial charge in [0.25, 0.3) is 0 Å². The number of ether oxygens (including phenoxy) is 1. The molecule has 3 heterocycles. The fourth-order valence-electron chi connectivity index (χ4n) is 2.15. The van der Waals surface area contributed by atoms with Crippen molar-refractivity contribution in [1.29, 1.82) is 0 Å². The molecule has 0 aliphatic carbocycles. The summed E-state index contributed by atoms with van der Waals surface area (Å²) < 4.78 is 19.5. The zero-order chi connectivity index (χ0) is 18.6. The summed E-state index contributed by atoms with van der Waals surface area (Å²) in [7, 11) is 0. The molecule has 1 aromatic heterocycles. The smallest absolute Gasteiger partial charge is 0.351 e. The average Bonchev–Trinajstić information content (AvgIpc) is 3.20. The summed E-state index contributed by atoms with van der Waals surface area (Å²) in [5.41, 5.74) is 4.10. The molecule has 0 aromatic carbocycles. The zero-order valence-corrected chi connectivity index (χ0v) is 13.7. The summed E-state index contributed by atoms with van der Waals surface area (Å²) in [6.45, 7) is -0.152. The van der Waals surface area contributed by atoms with Crippen molar-refractivity contribution in [3.63, 3.8) is 0 Å². The molecule has 12 heteroatoms. The normalized spacial score (nSPS) is 25.2. The number of aliphatic hydroxyl groups excluding tert-OH is 1. The van der Waals surface area contributed by atoms with Gasteiger partial charge >= 0.3 is 11.7 Å². The van der Waals surface area contributed by atoms with Crippen molar-refractivity contribution in [2.45, 2.75) is 30.5 Å². The number of aromatic nitrogens is 2. The number of nitrogen functional groups attached to an aromatic ring is 1. The molecule has 1 aromatic rings. The van der Waals surface area contributed by atoms with Crippen molar-refractivity contribution >= 4 is 29.5 Å². The SMILES string of the molecule is Nc1nc(=O)n([C@@H]2CS[C@H](CO)O2)cc1F.O=C1CC[C@@H](C(=O)O)N1. The van der Waals surface area contributed by atoms with Crippen molar-refractivity contribution in [3.05, 3.63) is 22.5 Å². The maximum atomic E-state index is 13.1. The lowest BCUT2D eigenvalue weighted by atomic mass is 10.2. The second-order valence-corrected chi connectivity index (χ2v) is 6.39. The van der Waals surface area contributed by atoms with Crippen LogP contribution in [0.3, 0.4) is 0 Å². The molecule has 0 bridgehead atoms. The van der Waals surface area contributed by atoms with E-state index in [1.807, 2.05) is 0 Å². The van der Waals surface area contributed by atoms with Gasteiger partial charge in [-0.2, -0.15) is 4.98 Å². The molecule has 0 spiro atoms. The monoisotopic (exact) mass is 376 g/mol. The molecule has 2 saturated heterocycles. The van der Waals surface area contributed by atoms with E-state index in [1.54, 1.807) is 0 Å². The van der Waals surface area contributed by atoms with Crippen molar-refractivity contribution < 1.29 is 28.9 Å². The third kappa shape index (κ3) is 4.90. The molecule has 0 radical (unpaired) electrons. The second-order valence-electron chi connectivity index (χ2n) is 5.20. The van der Waals surface area contributed by atoms with Crippen LogP contribution in [0.2, 0.25) is 0 Å². The minimum atomic E-state index is -0.944. The van der Waals surface area contributed by atoms with Crippen molar-refractivity contribution in [2.75, 3.05) is 18.1 Å². The number of aliphatic carboxylic acids is 1. The van der Waals surface area contributed by atoms with E-state index >= 15 is 0 Å². The van der Waals surface area contributed by atoms with E-state index in [0.29, 0.717) is 18.6 Å². The first kappa shape index (κ1) is 19.1. The lowest BCUT2D eigenvalue weighted by molar-refractivity contribution is -0.140. The Kier molecular flexibility index (Phi) is 6.33. The quantitative estimate of drug-likeness (QED) is 0.514. The molecule has 3 atom stereocenters. The Morgan fingerprint density at radius 1 is 1.56 bits per heavy atom. The van der Waals surface area contributed by atoms with E-state index in [-0.39, 0.29) is 12.5 Å². The van der Waals surface area contributed by atoms with E-state index in [1.165, 1.54) is 11.8 Å². The van der Waals surface area contributed by atoms with Crippen LogP contribution in [0.25, 0.3) is 0 Å². The molecule has 0 saturated carbocycles. The number of rotatable bonds is 3. The lowest BCUT2D eigenvalue weighted by Gasteiger charge is -2.13. The number of carboxylic acids is 1. The number of thioether (sulfide) groups is 1. The highest BCUT2D eigenvalue weighted by atomic mass is 32.2. The first-order valence-corrected chi connectivity index (χ1v) is 8.31. The largest absolute Gasteiger partial charge is 0.480 e. The molecule has 25 heavy (non-hydrogen) atoms. The van der Waals surface area contributed by atoms with Crippen molar-refractivity contribution in [2.24, 2.45) is 0 Å². The highest BCUT2D eigenvalue weighted by Crippen LogP contribution is 2.30. The molecule has 2 aliphatic heterocycles. The van der Waals surface area contributed by atoms with Gasteiger partial charge in [0, 0.05) is 12.2 Å². The molecule has 5 N–H and O–H groups in total. The Bertz CT molecular complexity index is 714. The van der Waals surface area contributed by atoms with E-state index in [9.17, 15) is 18.8 Å². The topological polar surface area (TPSA) is 157 Å². The first-order chi connectivity index (χ1) is 11.8. The zero-order valence-electron chi connectivity index (χ0n) is 12.9. The number of carbonyl (C=O) groups is 2. The number of anilines is 1. The van der Waals surface area contributed by atoms with Crippen LogP contribution >= 0.6 is 11.8 Å². The molecule has 0 unspecified atom stereocenters. The summed E-state index contributed by atoms with van der Waals surface area (Å²) in [5.74, 6) is -1.84. The van der Waals surface area contributed by atoms with Crippen LogP contribution in [0.4, 0.5) is 10.2 Å². The summed E-state index contributed by atoms with van der Waals surface area (Å²) in [4.78, 5) is 35.3. The summed E-state index contributed by atoms with van der Waals surface area (Å²) in [6, 6.07) is -0.641. The first-order valence-electron chi connectivity index (χ1n) is 7.26. The number of nitrogens with two attached hydrogens (primary N) is 1. The Morgan fingerprint density at radius 3 is 2.76 bits per heavy atom. The standard InChI is InChI=1S/C8H10FN3O3S.C5H7NO3/c9-4-1-12(8(14)11-7(4)10)5-3-16-6(2-13)15-5;7-4-2-1-3(6-4)5(8)9/h1,5-6,13H,2-3H2,(H2,10,11,14);3H,1-2H2,(H,6,7)(H,8,9)/t5-,6+;3-/m00/s1. The fraction of sp³-hybridized carbons (Fsp3) is 0.538. The van der Waals surface area contributed by atoms with Gasteiger partial charge in [0.05, 0.1) is 12.8 Å². The molecular weight excluding hydrogens is 359 g/mol. The fourth-order valence-corrected chi connectivity index (χ4v) is 3.08. The minimum absolute atomic E-state index is 0.152. The predicted octanol–water partition coefficient (Wildman–Crippen LogP) is -1.11. The molecule has 1 amide bonds. The maximum Gasteiger partial charge on any atom is 0.351 e. The van der Waals surface area contributed by atoms with Crippen molar-refractivity contribution in [1.82, 2.24) is 14.9 Å². The Labute approximate surface area is 145 Å². The van der Waals surface area contributed by atoms with Gasteiger partial charge in [-0.25, -0.2) is 14.0 Å². The van der Waals surface area contributed by atoms with Crippen LogP contribution in [0.15, 0.2) is 11.0 Å². The predicted molar refractivity (Wildman–Crippen MR) is 85.1 cm³/mol. The van der Waals surface area contributed by atoms with E-state index in [4.69, 9.17) is 20.7 Å². The molecule has 2 fully saturated rings. The van der Waals surface area contributed by atoms with Gasteiger partial charge in [0.15, 0.2) is 11.6 Å². The Balaban J connectivity index is 0.000000212. The number of carboxylic acid groups (broad SMARTS) is 1. The number of nitrogens with one attached hydrogen (secondary N) is 1. The molecule has 3 rings (SSSR count). The van der Waals surface area contributed by atoms with Crippen molar-refractivity contribution in [3.8, 4) is 0 Å². The number of halogens is 1. The summed E-state index contributed by atoms with van der Waals surface area (Å²) in [6.07, 6.45) is 1.12. The number of carbonyl (C=O) groups excluding carboxylic acids is 1. The summed E-state index contributed by atoms with van der Waals surface area (Å²) >= 11 is 1.35. The highest BCUT2D eigenvalue weighted by Gasteiger charge is 2.28. The van der Waals surface area contributed by atoms with Crippen LogP contribution in [0, 0.1) is 5.82 Å². The van der Waals surface area contributed by atoms with E-state index in [2.05, 4.69) is 10.3 Å². The van der Waals surface area contributed by atoms with Gasteiger partial charge in [-0.05, 0) is 6.42 Å². The van der Waals surface area contributed by atoms with Crippen LogP contribution in [-0.2, 0) is 14.3 Å². The van der Waals surface area contributed by atoms with Gasteiger partial charge < -0.3 is 26.0 Å². The number of amides is 1. The van der Waals surface area contributed by atoms with Gasteiger partial charge in [0.2, 0.25) is 5.91 Å². The van der Waals surface area contributed by atoms with Gasteiger partial charge in [-0.3, -0.25) is 9.36 Å². The third-order valence-corrected chi connectivity index (χ3v) is 4.53. The molecular formula is C13H17FN4O6S. The Morgan fingerprint density at radius 2 is 2.28 bits per heavy atom. The van der Waals surface area contributed by atoms with E-state index in [0.717, 1.165) is 10.8 Å². The number of hydrogen-bond acceptors (Lipinski definition) is 8. The molecule has 2 aliphatic rings. The molecule has 10 nitrogen and oxygen atoms in total. The lowest BCUT2D eigenvalue weighted by Crippen LogP contribution is -2.32. The van der Waals surface area contributed by atoms with Gasteiger partial charge in [-0.1, -0.05) is 0 Å². The van der Waals surface area contributed by atoms with Crippen LogP contribution in [0.5, 0.6) is 0 Å². The van der Waals surface area contributed by atoms with Crippen LogP contribution < -0.4 is 16.7 Å². The highest BCUT2D eigenvalue weighted by molar-refractivity contribution is 8.00. The van der Waals surface area contributed by atoms with Crippen LogP contribution in [-0.4, -0.2) is 55.5 Å². The maximum absolute atomic E-state index is 13.1. The van der Waals surface area contributed by atoms with E-state index < -0.39 is 41.0 Å². The Hall–Kier alpha value is -2.18. The average molecular weight is 376 g/mol. The van der Waals surface area contributed by atoms with Gasteiger partial charge in [-0.15, -0.1) is 11.8 Å². The molecule has 138 valence electrons. The number of hydrogen-bond donors (Lipinski definition) is 4. The van der Waals surface area contributed by atoms with Crippen LogP contribution in [0.1, 0.15) is 19.1 Å².